The summed E-state index contributed by atoms with van der Waals surface area (Å²) < 4.78 is 11.5. The van der Waals surface area contributed by atoms with Crippen molar-refractivity contribution < 1.29 is 19.4 Å². The van der Waals surface area contributed by atoms with E-state index in [-0.39, 0.29) is 19.1 Å². The average molecular weight is 516 g/mol. The second-order valence-corrected chi connectivity index (χ2v) is 10.3. The van der Waals surface area contributed by atoms with Gasteiger partial charge in [-0.15, -0.1) is 0 Å². The molecule has 2 aliphatic rings. The van der Waals surface area contributed by atoms with E-state index < -0.39 is 6.10 Å². The van der Waals surface area contributed by atoms with Crippen molar-refractivity contribution in [1.82, 2.24) is 10.2 Å². The Bertz CT molecular complexity index is 1080. The van der Waals surface area contributed by atoms with E-state index in [4.69, 9.17) is 21.1 Å². The predicted molar refractivity (Wildman–Crippen MR) is 143 cm³/mol. The number of nitrogens with zero attached hydrogens (tertiary/aromatic N) is 2. The van der Waals surface area contributed by atoms with E-state index in [1.807, 2.05) is 18.2 Å². The minimum Gasteiger partial charge on any atom is -0.495 e. The zero-order chi connectivity index (χ0) is 25.8. The number of carbonyl (C=O) groups excluding carboxylic acids is 1. The molecule has 0 aromatic heterocycles. The van der Waals surface area contributed by atoms with Gasteiger partial charge in [-0.1, -0.05) is 17.7 Å². The number of aliphatic hydroxyl groups is 1. The second kappa shape index (κ2) is 11.7. The SMILES string of the molecule is COc1cc(Cl)ccc1N1CCN2[C@@H](CCC[C@@H]2c2ccc(OC[C@H](O)CNC(C)=O)c(C)c2C)C1. The van der Waals surface area contributed by atoms with Crippen molar-refractivity contribution in [2.75, 3.05) is 44.8 Å². The first kappa shape index (κ1) is 26.6. The normalized spacial score (nSPS) is 21.0. The van der Waals surface area contributed by atoms with Crippen molar-refractivity contribution in [3.8, 4) is 11.5 Å². The minimum atomic E-state index is -0.747. The summed E-state index contributed by atoms with van der Waals surface area (Å²) in [6.45, 7) is 8.92. The lowest BCUT2D eigenvalue weighted by atomic mass is 9.86. The summed E-state index contributed by atoms with van der Waals surface area (Å²) in [6.07, 6.45) is 2.79. The van der Waals surface area contributed by atoms with Gasteiger partial charge >= 0.3 is 0 Å². The number of rotatable bonds is 8. The van der Waals surface area contributed by atoms with Crippen LogP contribution in [0.1, 0.15) is 48.9 Å². The maximum atomic E-state index is 11.1. The van der Waals surface area contributed by atoms with Gasteiger partial charge < -0.3 is 24.8 Å². The fourth-order valence-electron chi connectivity index (χ4n) is 5.56. The van der Waals surface area contributed by atoms with Gasteiger partial charge in [-0.25, -0.2) is 0 Å². The Balaban J connectivity index is 1.45. The van der Waals surface area contributed by atoms with E-state index >= 15 is 0 Å². The summed E-state index contributed by atoms with van der Waals surface area (Å²) in [4.78, 5) is 16.2. The fraction of sp³-hybridized carbons (Fsp3) is 0.536. The van der Waals surface area contributed by atoms with Crippen LogP contribution in [0.2, 0.25) is 5.02 Å². The Morgan fingerprint density at radius 1 is 1.17 bits per heavy atom. The van der Waals surface area contributed by atoms with Crippen LogP contribution in [0, 0.1) is 13.8 Å². The number of halogens is 1. The molecule has 2 aromatic rings. The van der Waals surface area contributed by atoms with Crippen LogP contribution in [-0.4, -0.2) is 68.0 Å². The quantitative estimate of drug-likeness (QED) is 0.547. The molecule has 0 unspecified atom stereocenters. The number of ether oxygens (including phenoxy) is 2. The van der Waals surface area contributed by atoms with Gasteiger partial charge in [0, 0.05) is 56.3 Å². The topological polar surface area (TPSA) is 74.3 Å². The van der Waals surface area contributed by atoms with Gasteiger partial charge in [-0.05, 0) is 68.0 Å². The van der Waals surface area contributed by atoms with Crippen molar-refractivity contribution in [3.63, 3.8) is 0 Å². The number of amides is 1. The number of methoxy groups -OCH3 is 1. The molecule has 0 radical (unpaired) electrons. The number of hydrogen-bond donors (Lipinski definition) is 2. The third kappa shape index (κ3) is 5.90. The molecule has 8 heteroatoms. The molecule has 0 spiro atoms. The van der Waals surface area contributed by atoms with E-state index in [9.17, 15) is 9.90 Å². The Morgan fingerprint density at radius 3 is 2.72 bits per heavy atom. The molecule has 2 saturated heterocycles. The number of nitrogens with one attached hydrogen (secondary N) is 1. The van der Waals surface area contributed by atoms with Gasteiger partial charge in [-0.3, -0.25) is 9.69 Å². The van der Waals surface area contributed by atoms with E-state index in [1.165, 1.54) is 30.9 Å². The highest BCUT2D eigenvalue weighted by atomic mass is 35.5. The first-order valence-corrected chi connectivity index (χ1v) is 13.2. The van der Waals surface area contributed by atoms with Crippen LogP contribution >= 0.6 is 11.6 Å². The maximum absolute atomic E-state index is 11.1. The van der Waals surface area contributed by atoms with Crippen LogP contribution < -0.4 is 19.7 Å². The molecule has 7 nitrogen and oxygen atoms in total. The summed E-state index contributed by atoms with van der Waals surface area (Å²) in [5.41, 5.74) is 4.82. The highest BCUT2D eigenvalue weighted by molar-refractivity contribution is 6.30. The number of benzene rings is 2. The summed E-state index contributed by atoms with van der Waals surface area (Å²) >= 11 is 6.19. The number of aliphatic hydroxyl groups excluding tert-OH is 1. The Labute approximate surface area is 219 Å². The third-order valence-corrected chi connectivity index (χ3v) is 7.82. The fourth-order valence-corrected chi connectivity index (χ4v) is 5.72. The smallest absolute Gasteiger partial charge is 0.216 e. The number of fused-ring (bicyclic) bond motifs is 1. The van der Waals surface area contributed by atoms with Gasteiger partial charge in [0.15, 0.2) is 0 Å². The lowest BCUT2D eigenvalue weighted by Gasteiger charge is -2.49. The zero-order valence-electron chi connectivity index (χ0n) is 21.7. The van der Waals surface area contributed by atoms with Crippen molar-refractivity contribution in [1.29, 1.82) is 0 Å². The molecular weight excluding hydrogens is 478 g/mol. The average Bonchev–Trinajstić information content (AvgIpc) is 2.87. The molecule has 2 fully saturated rings. The van der Waals surface area contributed by atoms with Crippen molar-refractivity contribution in [3.05, 3.63) is 52.0 Å². The number of carbonyl (C=O) groups is 1. The summed E-state index contributed by atoms with van der Waals surface area (Å²) in [7, 11) is 1.70. The van der Waals surface area contributed by atoms with E-state index in [2.05, 4.69) is 41.1 Å². The Morgan fingerprint density at radius 2 is 1.97 bits per heavy atom. The van der Waals surface area contributed by atoms with Crippen LogP contribution in [0.25, 0.3) is 0 Å². The van der Waals surface area contributed by atoms with Crippen LogP contribution in [0.15, 0.2) is 30.3 Å². The first-order chi connectivity index (χ1) is 17.3. The molecule has 2 aliphatic heterocycles. The minimum absolute atomic E-state index is 0.140. The van der Waals surface area contributed by atoms with Gasteiger partial charge in [0.05, 0.1) is 12.8 Å². The first-order valence-electron chi connectivity index (χ1n) is 12.8. The monoisotopic (exact) mass is 515 g/mol. The van der Waals surface area contributed by atoms with Crippen LogP contribution in [0.5, 0.6) is 11.5 Å². The van der Waals surface area contributed by atoms with E-state index in [0.29, 0.717) is 17.1 Å². The second-order valence-electron chi connectivity index (χ2n) is 9.91. The van der Waals surface area contributed by atoms with Gasteiger partial charge in [0.2, 0.25) is 5.91 Å². The molecule has 4 rings (SSSR count). The molecule has 36 heavy (non-hydrogen) atoms. The van der Waals surface area contributed by atoms with Crippen molar-refractivity contribution in [2.24, 2.45) is 0 Å². The number of piperazine rings is 1. The molecular formula is C28H38ClN3O4. The molecule has 3 atom stereocenters. The molecule has 1 amide bonds. The van der Waals surface area contributed by atoms with Crippen molar-refractivity contribution in [2.45, 2.75) is 58.2 Å². The van der Waals surface area contributed by atoms with Crippen LogP contribution in [0.3, 0.4) is 0 Å². The third-order valence-electron chi connectivity index (χ3n) is 7.58. The molecule has 0 saturated carbocycles. The predicted octanol–water partition coefficient (Wildman–Crippen LogP) is 4.26. The molecule has 0 aliphatic carbocycles. The maximum Gasteiger partial charge on any atom is 0.216 e. The van der Waals surface area contributed by atoms with E-state index in [0.717, 1.165) is 48.8 Å². The molecule has 2 aromatic carbocycles. The summed E-state index contributed by atoms with van der Waals surface area (Å²) in [5, 5.41) is 13.4. The lowest BCUT2D eigenvalue weighted by molar-refractivity contribution is -0.119. The summed E-state index contributed by atoms with van der Waals surface area (Å²) in [5.74, 6) is 1.45. The molecule has 0 bridgehead atoms. The van der Waals surface area contributed by atoms with E-state index in [1.54, 1.807) is 7.11 Å². The van der Waals surface area contributed by atoms with Gasteiger partial charge in [-0.2, -0.15) is 0 Å². The summed E-state index contributed by atoms with van der Waals surface area (Å²) in [6, 6.07) is 11.0. The van der Waals surface area contributed by atoms with Gasteiger partial charge in [0.1, 0.15) is 24.2 Å². The zero-order valence-corrected chi connectivity index (χ0v) is 22.5. The Hall–Kier alpha value is -2.48. The highest BCUT2D eigenvalue weighted by Crippen LogP contribution is 2.41. The molecule has 2 heterocycles. The number of piperidine rings is 1. The highest BCUT2D eigenvalue weighted by Gasteiger charge is 2.37. The molecule has 2 N–H and O–H groups in total. The number of hydrogen-bond acceptors (Lipinski definition) is 6. The van der Waals surface area contributed by atoms with Crippen LogP contribution in [-0.2, 0) is 4.79 Å². The lowest BCUT2D eigenvalue weighted by Crippen LogP contribution is -2.56. The Kier molecular flexibility index (Phi) is 8.65. The standard InChI is InChI=1S/C28H38ClN3O4/c1-18-19(2)27(36-17-23(34)15-30-20(3)33)11-9-24(18)25-7-5-6-22-16-31(12-13-32(22)25)26-10-8-21(29)14-28(26)35-4/h8-11,14,22-23,25,34H,5-7,12-13,15-17H2,1-4H3,(H,30,33)/t22-,23+,25+/m0/s1. The van der Waals surface area contributed by atoms with Gasteiger partial charge in [0.25, 0.3) is 0 Å². The number of anilines is 1. The van der Waals surface area contributed by atoms with Crippen molar-refractivity contribution >= 4 is 23.2 Å². The largest absolute Gasteiger partial charge is 0.495 e. The van der Waals surface area contributed by atoms with Crippen LogP contribution in [0.4, 0.5) is 5.69 Å². The molecule has 196 valence electrons.